The first-order valence-corrected chi connectivity index (χ1v) is 5.50. The van der Waals surface area contributed by atoms with E-state index in [2.05, 4.69) is 15.2 Å². The molecule has 5 nitrogen and oxygen atoms in total. The zero-order chi connectivity index (χ0) is 11.5. The van der Waals surface area contributed by atoms with Crippen molar-refractivity contribution in [2.24, 2.45) is 0 Å². The molecule has 6 heteroatoms. The van der Waals surface area contributed by atoms with Crippen molar-refractivity contribution in [3.05, 3.63) is 24.0 Å². The van der Waals surface area contributed by atoms with Crippen LogP contribution >= 0.6 is 11.8 Å². The van der Waals surface area contributed by atoms with Gasteiger partial charge in [0, 0.05) is 16.6 Å². The van der Waals surface area contributed by atoms with Gasteiger partial charge in [-0.15, -0.1) is 5.10 Å². The van der Waals surface area contributed by atoms with Crippen LogP contribution in [0.15, 0.2) is 28.3 Å². The Labute approximate surface area is 97.4 Å². The molecule has 0 spiro atoms. The Balaban J connectivity index is 2.24. The maximum absolute atomic E-state index is 5.75. The molecule has 0 saturated heterocycles. The second-order valence-electron chi connectivity index (χ2n) is 3.25. The number of ether oxygens (including phenoxy) is 1. The SMILES string of the molecule is COc1cc(N)cc(Sc2n[nH]c(C)n2)c1. The highest BCUT2D eigenvalue weighted by Crippen LogP contribution is 2.29. The Morgan fingerprint density at radius 1 is 1.38 bits per heavy atom. The summed E-state index contributed by atoms with van der Waals surface area (Å²) in [6.07, 6.45) is 0. The van der Waals surface area contributed by atoms with Gasteiger partial charge in [-0.2, -0.15) is 0 Å². The minimum atomic E-state index is 0.661. The van der Waals surface area contributed by atoms with Gasteiger partial charge in [0.15, 0.2) is 0 Å². The molecule has 0 saturated carbocycles. The monoisotopic (exact) mass is 236 g/mol. The third-order valence-corrected chi connectivity index (χ3v) is 2.76. The van der Waals surface area contributed by atoms with Crippen molar-refractivity contribution in [1.82, 2.24) is 15.2 Å². The fraction of sp³-hybridized carbons (Fsp3) is 0.200. The molecule has 0 aliphatic rings. The van der Waals surface area contributed by atoms with E-state index in [1.807, 2.05) is 19.1 Å². The molecule has 2 rings (SSSR count). The minimum Gasteiger partial charge on any atom is -0.497 e. The summed E-state index contributed by atoms with van der Waals surface area (Å²) in [5.41, 5.74) is 6.41. The van der Waals surface area contributed by atoms with E-state index < -0.39 is 0 Å². The van der Waals surface area contributed by atoms with Crippen LogP contribution in [0.2, 0.25) is 0 Å². The van der Waals surface area contributed by atoms with Crippen LogP contribution in [0.5, 0.6) is 5.75 Å². The topological polar surface area (TPSA) is 76.8 Å². The average Bonchev–Trinajstić information content (AvgIpc) is 2.63. The second-order valence-corrected chi connectivity index (χ2v) is 4.29. The van der Waals surface area contributed by atoms with Gasteiger partial charge in [0.2, 0.25) is 5.16 Å². The van der Waals surface area contributed by atoms with Crippen LogP contribution in [0.1, 0.15) is 5.82 Å². The summed E-state index contributed by atoms with van der Waals surface area (Å²) in [6.45, 7) is 1.86. The highest BCUT2D eigenvalue weighted by atomic mass is 32.2. The van der Waals surface area contributed by atoms with Gasteiger partial charge >= 0.3 is 0 Å². The molecule has 0 atom stereocenters. The van der Waals surface area contributed by atoms with E-state index in [4.69, 9.17) is 10.5 Å². The summed E-state index contributed by atoms with van der Waals surface area (Å²) in [6, 6.07) is 5.53. The highest BCUT2D eigenvalue weighted by molar-refractivity contribution is 7.99. The number of anilines is 1. The molecule has 3 N–H and O–H groups in total. The lowest BCUT2D eigenvalue weighted by atomic mass is 10.3. The van der Waals surface area contributed by atoms with Crippen molar-refractivity contribution >= 4 is 17.4 Å². The first-order chi connectivity index (χ1) is 7.67. The Kier molecular flexibility index (Phi) is 3.00. The number of aromatic nitrogens is 3. The van der Waals surface area contributed by atoms with Gasteiger partial charge in [-0.25, -0.2) is 4.98 Å². The summed E-state index contributed by atoms with van der Waals surface area (Å²) >= 11 is 1.44. The molecule has 0 radical (unpaired) electrons. The summed E-state index contributed by atoms with van der Waals surface area (Å²) in [7, 11) is 1.61. The molecule has 16 heavy (non-hydrogen) atoms. The maximum atomic E-state index is 5.75. The largest absolute Gasteiger partial charge is 0.497 e. The van der Waals surface area contributed by atoms with Crippen molar-refractivity contribution in [1.29, 1.82) is 0 Å². The quantitative estimate of drug-likeness (QED) is 0.795. The molecule has 0 unspecified atom stereocenters. The number of nitrogens with two attached hydrogens (primary N) is 1. The Morgan fingerprint density at radius 3 is 2.81 bits per heavy atom. The number of H-pyrrole nitrogens is 1. The summed E-state index contributed by atoms with van der Waals surface area (Å²) in [5.74, 6) is 1.52. The molecule has 2 aromatic rings. The lowest BCUT2D eigenvalue weighted by Gasteiger charge is -2.04. The van der Waals surface area contributed by atoms with Crippen LogP contribution in [0.3, 0.4) is 0 Å². The van der Waals surface area contributed by atoms with Crippen molar-refractivity contribution in [3.8, 4) is 5.75 Å². The van der Waals surface area contributed by atoms with Crippen molar-refractivity contribution in [3.63, 3.8) is 0 Å². The highest BCUT2D eigenvalue weighted by Gasteiger charge is 2.05. The van der Waals surface area contributed by atoms with Crippen LogP contribution in [0, 0.1) is 6.92 Å². The van der Waals surface area contributed by atoms with Crippen molar-refractivity contribution in [2.75, 3.05) is 12.8 Å². The van der Waals surface area contributed by atoms with E-state index in [1.165, 1.54) is 11.8 Å². The van der Waals surface area contributed by atoms with E-state index in [9.17, 15) is 0 Å². The Hall–Kier alpha value is -1.69. The van der Waals surface area contributed by atoms with Gasteiger partial charge in [0.05, 0.1) is 7.11 Å². The fourth-order valence-corrected chi connectivity index (χ4v) is 2.10. The molecule has 1 aromatic heterocycles. The Morgan fingerprint density at radius 2 is 2.19 bits per heavy atom. The molecule has 1 aromatic carbocycles. The zero-order valence-corrected chi connectivity index (χ0v) is 9.84. The first-order valence-electron chi connectivity index (χ1n) is 4.69. The average molecular weight is 236 g/mol. The van der Waals surface area contributed by atoms with E-state index in [0.29, 0.717) is 10.8 Å². The first kappa shape index (κ1) is 10.8. The molecular formula is C10H12N4OS. The number of hydrogen-bond acceptors (Lipinski definition) is 5. The molecule has 0 fully saturated rings. The number of hydrogen-bond donors (Lipinski definition) is 2. The van der Waals surface area contributed by atoms with Gasteiger partial charge in [-0.3, -0.25) is 5.10 Å². The number of benzene rings is 1. The summed E-state index contributed by atoms with van der Waals surface area (Å²) < 4.78 is 5.14. The predicted molar refractivity (Wildman–Crippen MR) is 62.6 cm³/mol. The molecule has 1 heterocycles. The van der Waals surface area contributed by atoms with Crippen molar-refractivity contribution in [2.45, 2.75) is 17.0 Å². The number of methoxy groups -OCH3 is 1. The van der Waals surface area contributed by atoms with Crippen LogP contribution in [0.25, 0.3) is 0 Å². The fourth-order valence-electron chi connectivity index (χ4n) is 1.24. The number of nitrogen functional groups attached to an aromatic ring is 1. The number of rotatable bonds is 3. The molecule has 0 aliphatic carbocycles. The lowest BCUT2D eigenvalue weighted by Crippen LogP contribution is -1.89. The van der Waals surface area contributed by atoms with E-state index in [1.54, 1.807) is 13.2 Å². The third kappa shape index (κ3) is 2.46. The normalized spacial score (nSPS) is 10.4. The Bertz CT molecular complexity index is 497. The molecule has 84 valence electrons. The van der Waals surface area contributed by atoms with Crippen LogP contribution < -0.4 is 10.5 Å². The number of nitrogens with one attached hydrogen (secondary N) is 1. The smallest absolute Gasteiger partial charge is 0.213 e. The molecule has 0 bridgehead atoms. The van der Waals surface area contributed by atoms with Crippen LogP contribution in [-0.4, -0.2) is 22.3 Å². The standard InChI is InChI=1S/C10H12N4OS/c1-6-12-10(14-13-6)16-9-4-7(11)3-8(5-9)15-2/h3-5H,11H2,1-2H3,(H,12,13,14). The number of aryl methyl sites for hydroxylation is 1. The molecule has 0 aliphatic heterocycles. The van der Waals surface area contributed by atoms with Gasteiger partial charge in [-0.05, 0) is 30.8 Å². The zero-order valence-electron chi connectivity index (χ0n) is 9.02. The van der Waals surface area contributed by atoms with Crippen LogP contribution in [0.4, 0.5) is 5.69 Å². The maximum Gasteiger partial charge on any atom is 0.213 e. The van der Waals surface area contributed by atoms with Gasteiger partial charge < -0.3 is 10.5 Å². The number of aromatic amines is 1. The summed E-state index contributed by atoms with van der Waals surface area (Å²) in [4.78, 5) is 5.16. The lowest BCUT2D eigenvalue weighted by molar-refractivity contribution is 0.414. The van der Waals surface area contributed by atoms with Crippen LogP contribution in [-0.2, 0) is 0 Å². The van der Waals surface area contributed by atoms with Gasteiger partial charge in [0.1, 0.15) is 11.6 Å². The van der Waals surface area contributed by atoms with Gasteiger partial charge in [-0.1, -0.05) is 0 Å². The number of nitrogens with zero attached hydrogens (tertiary/aromatic N) is 2. The third-order valence-electron chi connectivity index (χ3n) is 1.92. The van der Waals surface area contributed by atoms with Gasteiger partial charge in [0.25, 0.3) is 0 Å². The molecular weight excluding hydrogens is 224 g/mol. The molecule has 0 amide bonds. The summed E-state index contributed by atoms with van der Waals surface area (Å²) in [5, 5.41) is 7.50. The van der Waals surface area contributed by atoms with E-state index in [0.717, 1.165) is 16.5 Å². The predicted octanol–water partition coefficient (Wildman–Crippen LogP) is 1.86. The minimum absolute atomic E-state index is 0.661. The van der Waals surface area contributed by atoms with Crippen molar-refractivity contribution < 1.29 is 4.74 Å². The second kappa shape index (κ2) is 4.44. The van der Waals surface area contributed by atoms with E-state index >= 15 is 0 Å². The van der Waals surface area contributed by atoms with E-state index in [-0.39, 0.29) is 0 Å².